The van der Waals surface area contributed by atoms with Gasteiger partial charge in [0.05, 0.1) is 0 Å². The number of alkyl halides is 3. The number of aryl methyl sites for hydroxylation is 1. The Bertz CT molecular complexity index is 691. The van der Waals surface area contributed by atoms with Crippen LogP contribution >= 0.6 is 0 Å². The zero-order chi connectivity index (χ0) is 20.1. The normalized spacial score (nSPS) is 19.9. The van der Waals surface area contributed by atoms with Crippen molar-refractivity contribution in [1.29, 1.82) is 0 Å². The number of halogens is 3. The van der Waals surface area contributed by atoms with E-state index in [0.29, 0.717) is 18.6 Å². The number of aliphatic hydroxyl groups is 1. The van der Waals surface area contributed by atoms with Gasteiger partial charge < -0.3 is 9.84 Å². The molecule has 1 amide bonds. The lowest BCUT2D eigenvalue weighted by molar-refractivity contribution is -0.302. The predicted molar refractivity (Wildman–Crippen MR) is 95.3 cm³/mol. The van der Waals surface area contributed by atoms with E-state index in [1.165, 1.54) is 0 Å². The summed E-state index contributed by atoms with van der Waals surface area (Å²) in [6.07, 6.45) is -1.91. The Balaban J connectivity index is 2.09. The second-order valence-corrected chi connectivity index (χ2v) is 6.73. The summed E-state index contributed by atoms with van der Waals surface area (Å²) in [4.78, 5) is 12.3. The summed E-state index contributed by atoms with van der Waals surface area (Å²) < 4.78 is 45.6. The number of carbonyl (C=O) groups is 1. The highest BCUT2D eigenvalue weighted by Crippen LogP contribution is 2.41. The highest BCUT2D eigenvalue weighted by atomic mass is 19.4. The molecule has 1 heterocycles. The van der Waals surface area contributed by atoms with Gasteiger partial charge in [-0.2, -0.15) is 23.3 Å². The summed E-state index contributed by atoms with van der Waals surface area (Å²) in [5.41, 5.74) is -2.40. The Morgan fingerprint density at radius 1 is 1.30 bits per heavy atom. The van der Waals surface area contributed by atoms with Gasteiger partial charge in [0.15, 0.2) is 6.61 Å². The fourth-order valence-electron chi connectivity index (χ4n) is 2.91. The number of hydrazone groups is 1. The Kier molecular flexibility index (Phi) is 6.86. The lowest BCUT2D eigenvalue weighted by Gasteiger charge is -2.32. The Hall–Kier alpha value is -2.09. The standard InChI is InChI=1S/C19H25F3N2O3/c1-3-4-5-6-10-15-12-18(26,19(20,21)22)24(23-15)17(25)13-27-16-11-8-7-9-14(16)2/h7-9,11,26H,3-6,10,12-13H2,1-2H3/t18-/m0/s1. The fourth-order valence-corrected chi connectivity index (χ4v) is 2.91. The van der Waals surface area contributed by atoms with E-state index >= 15 is 0 Å². The van der Waals surface area contributed by atoms with E-state index in [1.54, 1.807) is 31.2 Å². The largest absolute Gasteiger partial charge is 0.483 e. The highest BCUT2D eigenvalue weighted by molar-refractivity contribution is 5.91. The van der Waals surface area contributed by atoms with E-state index in [1.807, 2.05) is 6.92 Å². The van der Waals surface area contributed by atoms with E-state index in [-0.39, 0.29) is 10.7 Å². The summed E-state index contributed by atoms with van der Waals surface area (Å²) in [5, 5.41) is 14.1. The summed E-state index contributed by atoms with van der Waals surface area (Å²) in [7, 11) is 0. The first kappa shape index (κ1) is 21.2. The summed E-state index contributed by atoms with van der Waals surface area (Å²) in [6, 6.07) is 6.85. The van der Waals surface area contributed by atoms with Crippen LogP contribution in [0.4, 0.5) is 13.2 Å². The second kappa shape index (κ2) is 8.73. The molecule has 150 valence electrons. The van der Waals surface area contributed by atoms with Gasteiger partial charge in [0.1, 0.15) is 5.75 Å². The molecule has 1 aliphatic heterocycles. The molecule has 2 rings (SSSR count). The van der Waals surface area contributed by atoms with Crippen LogP contribution in [0, 0.1) is 6.92 Å². The number of ether oxygens (including phenoxy) is 1. The van der Waals surface area contributed by atoms with Crippen LogP contribution in [-0.2, 0) is 4.79 Å². The summed E-state index contributed by atoms with van der Waals surface area (Å²) in [5.74, 6) is -0.647. The van der Waals surface area contributed by atoms with Crippen molar-refractivity contribution in [1.82, 2.24) is 5.01 Å². The Labute approximate surface area is 156 Å². The minimum Gasteiger partial charge on any atom is -0.483 e. The third-order valence-corrected chi connectivity index (χ3v) is 4.50. The van der Waals surface area contributed by atoms with Crippen molar-refractivity contribution >= 4 is 11.6 Å². The quantitative estimate of drug-likeness (QED) is 0.682. The van der Waals surface area contributed by atoms with Crippen LogP contribution in [-0.4, -0.2) is 40.2 Å². The maximum Gasteiger partial charge on any atom is 0.438 e. The molecular weight excluding hydrogens is 361 g/mol. The topological polar surface area (TPSA) is 62.1 Å². The zero-order valence-corrected chi connectivity index (χ0v) is 15.6. The molecule has 0 fully saturated rings. The van der Waals surface area contributed by atoms with Crippen molar-refractivity contribution < 1.29 is 27.8 Å². The third kappa shape index (κ3) is 5.00. The van der Waals surface area contributed by atoms with Crippen molar-refractivity contribution in [3.8, 4) is 5.75 Å². The van der Waals surface area contributed by atoms with Gasteiger partial charge >= 0.3 is 6.18 Å². The summed E-state index contributed by atoms with van der Waals surface area (Å²) >= 11 is 0. The van der Waals surface area contributed by atoms with E-state index in [4.69, 9.17) is 4.74 Å². The number of para-hydroxylation sites is 1. The van der Waals surface area contributed by atoms with Gasteiger partial charge in [-0.25, -0.2) is 0 Å². The average molecular weight is 386 g/mol. The number of unbranched alkanes of at least 4 members (excludes halogenated alkanes) is 3. The lowest BCUT2D eigenvalue weighted by atomic mass is 10.0. The van der Waals surface area contributed by atoms with Crippen LogP contribution in [0.1, 0.15) is 51.0 Å². The molecule has 1 aliphatic rings. The SMILES string of the molecule is CCCCCCC1=NN(C(=O)COc2ccccc2C)[C@@](O)(C(F)(F)F)C1. The van der Waals surface area contributed by atoms with E-state index in [0.717, 1.165) is 24.8 Å². The number of carbonyl (C=O) groups excluding carboxylic acids is 1. The van der Waals surface area contributed by atoms with E-state index < -0.39 is 30.8 Å². The number of rotatable bonds is 8. The smallest absolute Gasteiger partial charge is 0.438 e. The van der Waals surface area contributed by atoms with Gasteiger partial charge in [-0.3, -0.25) is 4.79 Å². The monoisotopic (exact) mass is 386 g/mol. The third-order valence-electron chi connectivity index (χ3n) is 4.50. The number of hydrogen-bond donors (Lipinski definition) is 1. The van der Waals surface area contributed by atoms with Gasteiger partial charge in [0.25, 0.3) is 11.6 Å². The molecular formula is C19H25F3N2O3. The van der Waals surface area contributed by atoms with Crippen LogP contribution in [0.2, 0.25) is 0 Å². The number of benzene rings is 1. The predicted octanol–water partition coefficient (Wildman–Crippen LogP) is 4.18. The van der Waals surface area contributed by atoms with Crippen molar-refractivity contribution in [3.63, 3.8) is 0 Å². The first-order valence-electron chi connectivity index (χ1n) is 9.06. The van der Waals surface area contributed by atoms with Crippen molar-refractivity contribution in [2.45, 2.75) is 64.3 Å². The minimum atomic E-state index is -5.01. The molecule has 0 aliphatic carbocycles. The molecule has 0 saturated carbocycles. The molecule has 0 saturated heterocycles. The number of hydrogen-bond acceptors (Lipinski definition) is 4. The van der Waals surface area contributed by atoms with Crippen LogP contribution in [0.3, 0.4) is 0 Å². The van der Waals surface area contributed by atoms with Crippen LogP contribution in [0.25, 0.3) is 0 Å². The maximum atomic E-state index is 13.4. The highest BCUT2D eigenvalue weighted by Gasteiger charge is 2.63. The number of amides is 1. The van der Waals surface area contributed by atoms with Crippen molar-refractivity contribution in [2.24, 2.45) is 5.10 Å². The van der Waals surface area contributed by atoms with Crippen molar-refractivity contribution in [2.75, 3.05) is 6.61 Å². The van der Waals surface area contributed by atoms with Crippen LogP contribution in [0.5, 0.6) is 5.75 Å². The summed E-state index contributed by atoms with van der Waals surface area (Å²) in [6.45, 7) is 3.15. The molecule has 0 spiro atoms. The molecule has 27 heavy (non-hydrogen) atoms. The molecule has 0 radical (unpaired) electrons. The molecule has 8 heteroatoms. The van der Waals surface area contributed by atoms with Gasteiger partial charge in [0.2, 0.25) is 0 Å². The lowest BCUT2D eigenvalue weighted by Crippen LogP contribution is -2.57. The molecule has 0 bridgehead atoms. The Morgan fingerprint density at radius 3 is 2.63 bits per heavy atom. The fraction of sp³-hybridized carbons (Fsp3) is 0.579. The van der Waals surface area contributed by atoms with E-state index in [9.17, 15) is 23.1 Å². The second-order valence-electron chi connectivity index (χ2n) is 6.73. The molecule has 0 aromatic heterocycles. The zero-order valence-electron chi connectivity index (χ0n) is 15.6. The van der Waals surface area contributed by atoms with Crippen LogP contribution in [0.15, 0.2) is 29.4 Å². The molecule has 1 aromatic carbocycles. The van der Waals surface area contributed by atoms with Gasteiger partial charge in [-0.05, 0) is 31.4 Å². The minimum absolute atomic E-state index is 0.139. The van der Waals surface area contributed by atoms with Crippen molar-refractivity contribution in [3.05, 3.63) is 29.8 Å². The van der Waals surface area contributed by atoms with Gasteiger partial charge in [-0.15, -0.1) is 0 Å². The Morgan fingerprint density at radius 2 is 2.00 bits per heavy atom. The molecule has 0 unspecified atom stereocenters. The van der Waals surface area contributed by atoms with Crippen LogP contribution < -0.4 is 4.74 Å². The molecule has 5 nitrogen and oxygen atoms in total. The molecule has 1 aromatic rings. The van der Waals surface area contributed by atoms with E-state index in [2.05, 4.69) is 5.10 Å². The number of nitrogens with zero attached hydrogens (tertiary/aromatic N) is 2. The maximum absolute atomic E-state index is 13.4. The van der Waals surface area contributed by atoms with Gasteiger partial charge in [0, 0.05) is 12.1 Å². The first-order valence-corrected chi connectivity index (χ1v) is 9.06. The molecule has 1 N–H and O–H groups in total. The average Bonchev–Trinajstić information content (AvgIpc) is 2.96. The van der Waals surface area contributed by atoms with Gasteiger partial charge in [-0.1, -0.05) is 44.4 Å². The molecule has 1 atom stereocenters. The first-order chi connectivity index (χ1) is 12.7.